The Morgan fingerprint density at radius 1 is 1.22 bits per heavy atom. The van der Waals surface area contributed by atoms with E-state index in [4.69, 9.17) is 5.26 Å². The summed E-state index contributed by atoms with van der Waals surface area (Å²) in [5, 5.41) is 8.50. The Hall–Kier alpha value is -1.67. The van der Waals surface area contributed by atoms with Gasteiger partial charge in [0.15, 0.2) is 0 Å². The van der Waals surface area contributed by atoms with Gasteiger partial charge in [-0.15, -0.1) is 0 Å². The van der Waals surface area contributed by atoms with Gasteiger partial charge in [-0.2, -0.15) is 5.26 Å². The number of amides is 2. The summed E-state index contributed by atoms with van der Waals surface area (Å²) in [7, 11) is 0. The van der Waals surface area contributed by atoms with Crippen molar-refractivity contribution in [1.29, 1.82) is 5.26 Å². The largest absolute Gasteiger partial charge is 0.273 e. The van der Waals surface area contributed by atoms with E-state index in [2.05, 4.69) is 15.9 Å². The van der Waals surface area contributed by atoms with Crippen molar-refractivity contribution < 1.29 is 9.59 Å². The number of carbonyl (C=O) groups excluding carboxylic acids is 2. The molecule has 4 nitrogen and oxygen atoms in total. The molecule has 1 aromatic carbocycles. The molecule has 2 rings (SSSR count). The van der Waals surface area contributed by atoms with Crippen molar-refractivity contribution in [3.63, 3.8) is 0 Å². The number of hydrogen-bond donors (Lipinski definition) is 0. The Balaban J connectivity index is 2.12. The summed E-state index contributed by atoms with van der Waals surface area (Å²) in [5.41, 5.74) is 0.921. The molecule has 0 bridgehead atoms. The monoisotopic (exact) mass is 306 g/mol. The molecule has 1 heterocycles. The number of alkyl halides is 1. The standard InChI is InChI=1S/C13H11BrN2O2/c14-9(4-3-7-15)8-16-12(17)10-5-1-2-6-11(10)13(16)18/h1-2,5-6,9H,3-4,8H2. The Bertz CT molecular complexity index is 501. The molecule has 0 saturated heterocycles. The quantitative estimate of drug-likeness (QED) is 0.633. The zero-order chi connectivity index (χ0) is 13.1. The summed E-state index contributed by atoms with van der Waals surface area (Å²) in [5.74, 6) is -0.506. The highest BCUT2D eigenvalue weighted by molar-refractivity contribution is 9.09. The van der Waals surface area contributed by atoms with Gasteiger partial charge < -0.3 is 0 Å². The number of rotatable bonds is 4. The third-order valence-electron chi connectivity index (χ3n) is 2.83. The van der Waals surface area contributed by atoms with Crippen LogP contribution in [0, 0.1) is 11.3 Å². The molecule has 0 fully saturated rings. The van der Waals surface area contributed by atoms with Gasteiger partial charge in [0.2, 0.25) is 0 Å². The summed E-state index contributed by atoms with van der Waals surface area (Å²) in [4.78, 5) is 25.3. The van der Waals surface area contributed by atoms with Gasteiger partial charge in [0, 0.05) is 17.8 Å². The van der Waals surface area contributed by atoms with Crippen LogP contribution in [-0.4, -0.2) is 28.1 Å². The number of nitriles is 1. The van der Waals surface area contributed by atoms with Gasteiger partial charge in [0.1, 0.15) is 0 Å². The summed E-state index contributed by atoms with van der Waals surface area (Å²) in [6.45, 7) is 0.300. The van der Waals surface area contributed by atoms with Crippen molar-refractivity contribution in [2.45, 2.75) is 17.7 Å². The summed E-state index contributed by atoms with van der Waals surface area (Å²) >= 11 is 3.39. The van der Waals surface area contributed by atoms with E-state index < -0.39 is 0 Å². The molecule has 0 aromatic heterocycles. The SMILES string of the molecule is N#CCCC(Br)CN1C(=O)c2ccccc2C1=O. The van der Waals surface area contributed by atoms with Gasteiger partial charge in [-0.25, -0.2) is 0 Å². The van der Waals surface area contributed by atoms with Crippen molar-refractivity contribution in [3.05, 3.63) is 35.4 Å². The number of imide groups is 1. The van der Waals surface area contributed by atoms with Crippen molar-refractivity contribution in [2.24, 2.45) is 0 Å². The second-order valence-electron chi connectivity index (χ2n) is 4.06. The topological polar surface area (TPSA) is 61.2 Å². The molecular formula is C13H11BrN2O2. The molecule has 1 aliphatic rings. The fourth-order valence-corrected chi connectivity index (χ4v) is 2.43. The van der Waals surface area contributed by atoms with E-state index in [0.29, 0.717) is 30.5 Å². The summed E-state index contributed by atoms with van der Waals surface area (Å²) in [6.07, 6.45) is 1.02. The van der Waals surface area contributed by atoms with Crippen molar-refractivity contribution in [1.82, 2.24) is 4.90 Å². The van der Waals surface area contributed by atoms with Crippen LogP contribution < -0.4 is 0 Å². The van der Waals surface area contributed by atoms with E-state index in [1.54, 1.807) is 24.3 Å². The Morgan fingerprint density at radius 2 is 1.78 bits per heavy atom. The maximum Gasteiger partial charge on any atom is 0.261 e. The van der Waals surface area contributed by atoms with Gasteiger partial charge >= 0.3 is 0 Å². The van der Waals surface area contributed by atoms with Crippen LogP contribution in [0.4, 0.5) is 0 Å². The first-order valence-electron chi connectivity index (χ1n) is 5.61. The fraction of sp³-hybridized carbons (Fsp3) is 0.308. The van der Waals surface area contributed by atoms with Gasteiger partial charge in [0.25, 0.3) is 11.8 Å². The highest BCUT2D eigenvalue weighted by Gasteiger charge is 2.35. The summed E-state index contributed by atoms with van der Waals surface area (Å²) in [6, 6.07) is 8.86. The molecule has 0 N–H and O–H groups in total. The Labute approximate surface area is 113 Å². The van der Waals surface area contributed by atoms with Gasteiger partial charge in [-0.05, 0) is 18.6 Å². The van der Waals surface area contributed by atoms with E-state index in [1.165, 1.54) is 4.90 Å². The van der Waals surface area contributed by atoms with Gasteiger partial charge in [0.05, 0.1) is 17.2 Å². The molecule has 1 atom stereocenters. The Morgan fingerprint density at radius 3 is 2.28 bits per heavy atom. The number of hydrogen-bond acceptors (Lipinski definition) is 3. The highest BCUT2D eigenvalue weighted by atomic mass is 79.9. The second kappa shape index (κ2) is 5.32. The van der Waals surface area contributed by atoms with Crippen molar-refractivity contribution >= 4 is 27.7 Å². The molecule has 1 aliphatic heterocycles. The minimum Gasteiger partial charge on any atom is -0.273 e. The van der Waals surface area contributed by atoms with E-state index in [0.717, 1.165) is 0 Å². The average molecular weight is 307 g/mol. The second-order valence-corrected chi connectivity index (χ2v) is 5.36. The first-order valence-corrected chi connectivity index (χ1v) is 6.53. The fourth-order valence-electron chi connectivity index (χ4n) is 1.92. The van der Waals surface area contributed by atoms with Crippen LogP contribution in [0.1, 0.15) is 33.6 Å². The third-order valence-corrected chi connectivity index (χ3v) is 3.58. The summed E-state index contributed by atoms with van der Waals surface area (Å²) < 4.78 is 0. The lowest BCUT2D eigenvalue weighted by Gasteiger charge is -2.17. The van der Waals surface area contributed by atoms with Gasteiger partial charge in [-0.1, -0.05) is 28.1 Å². The number of benzene rings is 1. The van der Waals surface area contributed by atoms with Crippen molar-refractivity contribution in [3.8, 4) is 6.07 Å². The lowest BCUT2D eigenvalue weighted by molar-refractivity contribution is 0.0655. The van der Waals surface area contributed by atoms with E-state index in [9.17, 15) is 9.59 Å². The average Bonchev–Trinajstić information content (AvgIpc) is 2.62. The zero-order valence-electron chi connectivity index (χ0n) is 9.60. The molecule has 5 heteroatoms. The van der Waals surface area contributed by atoms with Crippen LogP contribution in [-0.2, 0) is 0 Å². The molecular weight excluding hydrogens is 296 g/mol. The number of carbonyl (C=O) groups is 2. The van der Waals surface area contributed by atoms with Crippen LogP contribution in [0.3, 0.4) is 0 Å². The van der Waals surface area contributed by atoms with Crippen LogP contribution in [0.2, 0.25) is 0 Å². The van der Waals surface area contributed by atoms with Gasteiger partial charge in [-0.3, -0.25) is 14.5 Å². The molecule has 0 aliphatic carbocycles. The highest BCUT2D eigenvalue weighted by Crippen LogP contribution is 2.24. The third kappa shape index (κ3) is 2.29. The van der Waals surface area contributed by atoms with E-state index in [1.807, 2.05) is 6.07 Å². The number of nitrogens with zero attached hydrogens (tertiary/aromatic N) is 2. The normalized spacial score (nSPS) is 15.4. The lowest BCUT2D eigenvalue weighted by Crippen LogP contribution is -2.34. The smallest absolute Gasteiger partial charge is 0.261 e. The molecule has 0 saturated carbocycles. The molecule has 92 valence electrons. The van der Waals surface area contributed by atoms with Crippen LogP contribution in [0.5, 0.6) is 0 Å². The predicted octanol–water partition coefficient (Wildman–Crippen LogP) is 2.35. The number of fused-ring (bicyclic) bond motifs is 1. The molecule has 0 radical (unpaired) electrons. The molecule has 1 aromatic rings. The minimum atomic E-state index is -0.253. The first-order chi connectivity index (χ1) is 8.65. The molecule has 2 amide bonds. The predicted molar refractivity (Wildman–Crippen MR) is 69.4 cm³/mol. The molecule has 0 spiro atoms. The minimum absolute atomic E-state index is 0.0423. The Kier molecular flexibility index (Phi) is 3.78. The first kappa shape index (κ1) is 12.8. The molecule has 18 heavy (non-hydrogen) atoms. The molecule has 1 unspecified atom stereocenters. The lowest BCUT2D eigenvalue weighted by atomic mass is 10.1. The zero-order valence-corrected chi connectivity index (χ0v) is 11.2. The van der Waals surface area contributed by atoms with Crippen LogP contribution in [0.15, 0.2) is 24.3 Å². The maximum atomic E-state index is 12.0. The maximum absolute atomic E-state index is 12.0. The van der Waals surface area contributed by atoms with Crippen LogP contribution >= 0.6 is 15.9 Å². The van der Waals surface area contributed by atoms with Crippen LogP contribution in [0.25, 0.3) is 0 Å². The number of halogens is 1. The van der Waals surface area contributed by atoms with E-state index in [-0.39, 0.29) is 16.6 Å². The van der Waals surface area contributed by atoms with E-state index >= 15 is 0 Å². The van der Waals surface area contributed by atoms with Crippen molar-refractivity contribution in [2.75, 3.05) is 6.54 Å².